The summed E-state index contributed by atoms with van der Waals surface area (Å²) in [7, 11) is 0. The van der Waals surface area contributed by atoms with Gasteiger partial charge >= 0.3 is 0 Å². The van der Waals surface area contributed by atoms with Gasteiger partial charge in [-0.15, -0.1) is 0 Å². The van der Waals surface area contributed by atoms with Gasteiger partial charge in [-0.25, -0.2) is 0 Å². The maximum absolute atomic E-state index is 12.5. The Kier molecular flexibility index (Phi) is 6.26. The molecule has 2 aromatic carbocycles. The Labute approximate surface area is 222 Å². The standard InChI is InChI=1S/C24H26Br4O2P2/c1-15-7-19(31(25,26)29)3-5-21(15)23-10-17-9-18(11-23)13-24(12-17,14-23)22-6-4-20(8-16(22)2)32(27,28)30/h3-8,17-18H,9-14H2,1-2H3. The van der Waals surface area contributed by atoms with Gasteiger partial charge in [0.1, 0.15) is 0 Å². The van der Waals surface area contributed by atoms with Crippen molar-refractivity contribution in [2.24, 2.45) is 11.8 Å². The molecular formula is C24H26Br4O2P2. The molecule has 0 saturated heterocycles. The Morgan fingerprint density at radius 1 is 0.719 bits per heavy atom. The summed E-state index contributed by atoms with van der Waals surface area (Å²) in [4.78, 5) is 0. The summed E-state index contributed by atoms with van der Waals surface area (Å²) in [5.74, 6) is 1.51. The van der Waals surface area contributed by atoms with Crippen molar-refractivity contribution in [2.75, 3.05) is 0 Å². The zero-order valence-electron chi connectivity index (χ0n) is 18.1. The monoisotopic (exact) mass is 724 g/mol. The summed E-state index contributed by atoms with van der Waals surface area (Å²) in [5.41, 5.74) is 5.80. The summed E-state index contributed by atoms with van der Waals surface area (Å²) in [6.07, 6.45) is 7.59. The molecule has 0 atom stereocenters. The second kappa shape index (κ2) is 8.17. The lowest BCUT2D eigenvalue weighted by atomic mass is 9.41. The van der Waals surface area contributed by atoms with Crippen LogP contribution in [0.4, 0.5) is 0 Å². The molecule has 32 heavy (non-hydrogen) atoms. The van der Waals surface area contributed by atoms with Gasteiger partial charge in [0.15, 0.2) is 0 Å². The second-order valence-electron chi connectivity index (χ2n) is 10.4. The first-order valence-corrected chi connectivity index (χ1v) is 22.5. The number of hydrogen-bond donors (Lipinski definition) is 0. The Hall–Kier alpha value is 0.820. The SMILES string of the molecule is Cc1cc(P(=O)(Br)Br)ccc1C12CC3CC(C1)CC(c1ccc(P(=O)(Br)Br)cc1C)(C3)C2. The average molecular weight is 728 g/mol. The van der Waals surface area contributed by atoms with E-state index in [0.29, 0.717) is 0 Å². The van der Waals surface area contributed by atoms with Crippen molar-refractivity contribution < 1.29 is 9.13 Å². The van der Waals surface area contributed by atoms with E-state index in [2.05, 4.69) is 100 Å². The molecule has 0 N–H and O–H groups in total. The van der Waals surface area contributed by atoms with Gasteiger partial charge in [-0.2, -0.15) is 0 Å². The van der Waals surface area contributed by atoms with E-state index in [4.69, 9.17) is 0 Å². The van der Waals surface area contributed by atoms with Crippen LogP contribution in [0.5, 0.6) is 0 Å². The van der Waals surface area contributed by atoms with E-state index in [1.807, 2.05) is 12.1 Å². The van der Waals surface area contributed by atoms with Gasteiger partial charge in [-0.1, -0.05) is 12.1 Å². The number of benzene rings is 2. The molecule has 0 aliphatic heterocycles. The van der Waals surface area contributed by atoms with Crippen LogP contribution in [0, 0.1) is 25.7 Å². The molecular weight excluding hydrogens is 702 g/mol. The molecule has 4 saturated carbocycles. The summed E-state index contributed by atoms with van der Waals surface area (Å²) < 4.78 is 19.8. The van der Waals surface area contributed by atoms with Crippen LogP contribution in [0.15, 0.2) is 36.4 Å². The van der Waals surface area contributed by atoms with Gasteiger partial charge in [0.2, 0.25) is 9.09 Å². The van der Waals surface area contributed by atoms with E-state index in [1.54, 1.807) is 0 Å². The van der Waals surface area contributed by atoms with Crippen LogP contribution in [0.2, 0.25) is 0 Å². The van der Waals surface area contributed by atoms with Crippen LogP contribution in [-0.4, -0.2) is 0 Å². The molecule has 0 heterocycles. The van der Waals surface area contributed by atoms with Gasteiger partial charge in [0, 0.05) is 10.6 Å². The minimum atomic E-state index is -2.63. The molecule has 0 radical (unpaired) electrons. The predicted molar refractivity (Wildman–Crippen MR) is 151 cm³/mol. The topological polar surface area (TPSA) is 34.1 Å². The fourth-order valence-electron chi connectivity index (χ4n) is 7.70. The van der Waals surface area contributed by atoms with Gasteiger partial charge < -0.3 is 0 Å². The highest BCUT2D eigenvalue weighted by atomic mass is 79.9. The Morgan fingerprint density at radius 3 is 1.41 bits per heavy atom. The van der Waals surface area contributed by atoms with Gasteiger partial charge in [-0.3, -0.25) is 9.13 Å². The molecule has 0 aromatic heterocycles. The Morgan fingerprint density at radius 2 is 1.09 bits per heavy atom. The van der Waals surface area contributed by atoms with E-state index in [-0.39, 0.29) is 10.8 Å². The normalized spacial score (nSPS) is 31.8. The molecule has 8 heteroatoms. The molecule has 0 unspecified atom stereocenters. The van der Waals surface area contributed by atoms with E-state index < -0.39 is 9.09 Å². The maximum Gasteiger partial charge on any atom is 0.236 e. The van der Waals surface area contributed by atoms with Crippen molar-refractivity contribution >= 4 is 81.7 Å². The van der Waals surface area contributed by atoms with Crippen LogP contribution in [0.3, 0.4) is 0 Å². The first-order valence-electron chi connectivity index (χ1n) is 11.0. The maximum atomic E-state index is 12.5. The third-order valence-electron chi connectivity index (χ3n) is 8.22. The van der Waals surface area contributed by atoms with E-state index in [1.165, 1.54) is 60.8 Å². The summed E-state index contributed by atoms with van der Waals surface area (Å²) in [5, 5.41) is 1.66. The lowest BCUT2D eigenvalue weighted by molar-refractivity contribution is -0.0286. The quantitative estimate of drug-likeness (QED) is 0.295. The number of aryl methyl sites for hydroxylation is 2. The van der Waals surface area contributed by atoms with E-state index >= 15 is 0 Å². The van der Waals surface area contributed by atoms with Crippen LogP contribution in [0.1, 0.15) is 60.8 Å². The zero-order chi connectivity index (χ0) is 23.1. The van der Waals surface area contributed by atoms with Crippen molar-refractivity contribution in [3.63, 3.8) is 0 Å². The van der Waals surface area contributed by atoms with Gasteiger partial charge in [0.25, 0.3) is 0 Å². The molecule has 4 fully saturated rings. The number of halogens is 4. The summed E-state index contributed by atoms with van der Waals surface area (Å²) >= 11 is 13.3. The van der Waals surface area contributed by atoms with Crippen LogP contribution < -0.4 is 10.6 Å². The van der Waals surface area contributed by atoms with E-state index in [9.17, 15) is 9.13 Å². The highest BCUT2D eigenvalue weighted by Crippen LogP contribution is 2.67. The third-order valence-corrected chi connectivity index (χ3v) is 14.9. The highest BCUT2D eigenvalue weighted by Gasteiger charge is 2.59. The van der Waals surface area contributed by atoms with Crippen molar-refractivity contribution in [3.05, 3.63) is 58.7 Å². The van der Waals surface area contributed by atoms with Crippen molar-refractivity contribution in [3.8, 4) is 0 Å². The number of hydrogen-bond acceptors (Lipinski definition) is 2. The van der Waals surface area contributed by atoms with Crippen molar-refractivity contribution in [2.45, 2.75) is 63.2 Å². The Balaban J connectivity index is 1.59. The van der Waals surface area contributed by atoms with Crippen molar-refractivity contribution in [1.82, 2.24) is 0 Å². The first-order chi connectivity index (χ1) is 14.8. The van der Waals surface area contributed by atoms with Gasteiger partial charge in [0.05, 0.1) is 0 Å². The Bertz CT molecular complexity index is 1090. The van der Waals surface area contributed by atoms with Gasteiger partial charge in [-0.05, 0) is 184 Å². The highest BCUT2D eigenvalue weighted by molar-refractivity contribution is 9.72. The fourth-order valence-corrected chi connectivity index (χ4v) is 11.5. The third kappa shape index (κ3) is 4.20. The molecule has 4 aliphatic rings. The molecule has 2 aromatic rings. The largest absolute Gasteiger partial charge is 0.294 e. The molecule has 4 aliphatic carbocycles. The lowest BCUT2D eigenvalue weighted by Gasteiger charge is -2.63. The summed E-state index contributed by atoms with van der Waals surface area (Å²) in [6, 6.07) is 12.8. The van der Waals surface area contributed by atoms with Crippen LogP contribution in [0.25, 0.3) is 0 Å². The molecule has 2 nitrogen and oxygen atoms in total. The fraction of sp³-hybridized carbons (Fsp3) is 0.500. The first kappa shape index (κ1) is 24.5. The zero-order valence-corrected chi connectivity index (χ0v) is 26.2. The smallest absolute Gasteiger partial charge is 0.236 e. The minimum Gasteiger partial charge on any atom is -0.294 e. The molecule has 0 spiro atoms. The molecule has 6 rings (SSSR count). The molecule has 4 bridgehead atoms. The van der Waals surface area contributed by atoms with Crippen LogP contribution >= 0.6 is 71.1 Å². The minimum absolute atomic E-state index is 0.195. The second-order valence-corrected chi connectivity index (χ2v) is 31.0. The van der Waals surface area contributed by atoms with E-state index in [0.717, 1.165) is 22.4 Å². The average Bonchev–Trinajstić information content (AvgIpc) is 2.65. The summed E-state index contributed by atoms with van der Waals surface area (Å²) in [6.45, 7) is 4.37. The lowest BCUT2D eigenvalue weighted by Crippen LogP contribution is -2.56. The number of rotatable bonds is 4. The molecule has 0 amide bonds. The van der Waals surface area contributed by atoms with Crippen LogP contribution in [-0.2, 0) is 20.0 Å². The molecule has 172 valence electrons. The van der Waals surface area contributed by atoms with Crippen molar-refractivity contribution in [1.29, 1.82) is 0 Å². The predicted octanol–water partition coefficient (Wildman–Crippen LogP) is 9.31.